The highest BCUT2D eigenvalue weighted by molar-refractivity contribution is 5.99. The van der Waals surface area contributed by atoms with Crippen LogP contribution in [0, 0.1) is 18.6 Å². The van der Waals surface area contributed by atoms with Crippen molar-refractivity contribution in [2.24, 2.45) is 0 Å². The molecule has 0 bridgehead atoms. The van der Waals surface area contributed by atoms with Gasteiger partial charge in [0.25, 0.3) is 5.91 Å². The number of benzene rings is 2. The zero-order valence-corrected chi connectivity index (χ0v) is 11.8. The minimum atomic E-state index is -0.923. The molecule has 3 nitrogen and oxygen atoms in total. The second-order valence-electron chi connectivity index (χ2n) is 4.73. The quantitative estimate of drug-likeness (QED) is 0.907. The largest absolute Gasteiger partial charge is 0.387 e. The lowest BCUT2D eigenvalue weighted by atomic mass is 10.1. The van der Waals surface area contributed by atoms with Crippen LogP contribution in [0.1, 0.15) is 21.5 Å². The van der Waals surface area contributed by atoms with Gasteiger partial charge in [-0.25, -0.2) is 8.78 Å². The highest BCUT2D eigenvalue weighted by atomic mass is 19.2. The van der Waals surface area contributed by atoms with Crippen LogP contribution in [0.15, 0.2) is 36.4 Å². The molecule has 0 aromatic heterocycles. The van der Waals surface area contributed by atoms with Gasteiger partial charge in [-0.2, -0.15) is 0 Å². The standard InChI is InChI=1S/C16H16F2N2O/c1-10-3-6-15(19-2)12(7-10)16(21)20-9-11-4-5-13(17)14(18)8-11/h3-8,19H,9H2,1-2H3,(H,20,21). The van der Waals surface area contributed by atoms with E-state index in [0.29, 0.717) is 16.8 Å². The molecule has 0 heterocycles. The van der Waals surface area contributed by atoms with E-state index in [4.69, 9.17) is 0 Å². The maximum absolute atomic E-state index is 13.1. The number of carbonyl (C=O) groups is 1. The Hall–Kier alpha value is -2.43. The Balaban J connectivity index is 2.11. The van der Waals surface area contributed by atoms with Gasteiger partial charge in [0, 0.05) is 19.3 Å². The number of anilines is 1. The van der Waals surface area contributed by atoms with Crippen LogP contribution in [0.2, 0.25) is 0 Å². The number of aryl methyl sites for hydroxylation is 1. The summed E-state index contributed by atoms with van der Waals surface area (Å²) in [7, 11) is 1.73. The van der Waals surface area contributed by atoms with Crippen LogP contribution in [0.5, 0.6) is 0 Å². The van der Waals surface area contributed by atoms with E-state index in [-0.39, 0.29) is 12.5 Å². The van der Waals surface area contributed by atoms with Gasteiger partial charge in [-0.3, -0.25) is 4.79 Å². The summed E-state index contributed by atoms with van der Waals surface area (Å²) >= 11 is 0. The Labute approximate surface area is 122 Å². The van der Waals surface area contributed by atoms with Gasteiger partial charge in [0.15, 0.2) is 11.6 Å². The van der Waals surface area contributed by atoms with Crippen molar-refractivity contribution in [3.05, 3.63) is 64.7 Å². The normalized spacial score (nSPS) is 10.3. The van der Waals surface area contributed by atoms with E-state index in [2.05, 4.69) is 10.6 Å². The Morgan fingerprint density at radius 2 is 1.86 bits per heavy atom. The average molecular weight is 290 g/mol. The summed E-state index contributed by atoms with van der Waals surface area (Å²) < 4.78 is 25.9. The number of halogens is 2. The summed E-state index contributed by atoms with van der Waals surface area (Å²) in [6.07, 6.45) is 0. The molecule has 0 atom stereocenters. The van der Waals surface area contributed by atoms with Crippen molar-refractivity contribution < 1.29 is 13.6 Å². The van der Waals surface area contributed by atoms with Gasteiger partial charge in [-0.1, -0.05) is 17.7 Å². The maximum Gasteiger partial charge on any atom is 0.253 e. The van der Waals surface area contributed by atoms with Gasteiger partial charge < -0.3 is 10.6 Å². The van der Waals surface area contributed by atoms with Crippen molar-refractivity contribution in [1.82, 2.24) is 5.32 Å². The molecule has 110 valence electrons. The zero-order valence-electron chi connectivity index (χ0n) is 11.8. The maximum atomic E-state index is 13.1. The summed E-state index contributed by atoms with van der Waals surface area (Å²) in [6.45, 7) is 2.03. The number of nitrogens with one attached hydrogen (secondary N) is 2. The molecule has 0 aliphatic rings. The van der Waals surface area contributed by atoms with Crippen LogP contribution in [-0.4, -0.2) is 13.0 Å². The molecule has 2 aromatic rings. The van der Waals surface area contributed by atoms with Gasteiger partial charge in [0.1, 0.15) is 0 Å². The zero-order chi connectivity index (χ0) is 15.4. The lowest BCUT2D eigenvalue weighted by Gasteiger charge is -2.11. The van der Waals surface area contributed by atoms with Crippen LogP contribution in [0.3, 0.4) is 0 Å². The Morgan fingerprint density at radius 3 is 2.52 bits per heavy atom. The van der Waals surface area contributed by atoms with Gasteiger partial charge in [-0.05, 0) is 36.8 Å². The van der Waals surface area contributed by atoms with E-state index in [1.165, 1.54) is 6.07 Å². The van der Waals surface area contributed by atoms with Crippen LogP contribution in [0.4, 0.5) is 14.5 Å². The summed E-state index contributed by atoms with van der Waals surface area (Å²) in [5.41, 5.74) is 2.69. The fourth-order valence-electron chi connectivity index (χ4n) is 1.99. The SMILES string of the molecule is CNc1ccc(C)cc1C(=O)NCc1ccc(F)c(F)c1. The van der Waals surface area contributed by atoms with Crippen molar-refractivity contribution in [2.75, 3.05) is 12.4 Å². The van der Waals surface area contributed by atoms with Crippen molar-refractivity contribution in [1.29, 1.82) is 0 Å². The fourth-order valence-corrected chi connectivity index (χ4v) is 1.99. The van der Waals surface area contributed by atoms with E-state index in [9.17, 15) is 13.6 Å². The lowest BCUT2D eigenvalue weighted by Crippen LogP contribution is -2.24. The third kappa shape index (κ3) is 3.56. The molecule has 21 heavy (non-hydrogen) atoms. The summed E-state index contributed by atoms with van der Waals surface area (Å²) in [5, 5.41) is 5.64. The molecule has 2 N–H and O–H groups in total. The number of hydrogen-bond donors (Lipinski definition) is 2. The van der Waals surface area contributed by atoms with E-state index in [0.717, 1.165) is 17.7 Å². The highest BCUT2D eigenvalue weighted by Crippen LogP contribution is 2.17. The van der Waals surface area contributed by atoms with Crippen LogP contribution in [-0.2, 0) is 6.54 Å². The molecular weight excluding hydrogens is 274 g/mol. The predicted molar refractivity (Wildman–Crippen MR) is 78.3 cm³/mol. The molecule has 0 saturated carbocycles. The van der Waals surface area contributed by atoms with Crippen molar-refractivity contribution in [3.8, 4) is 0 Å². The first-order valence-corrected chi connectivity index (χ1v) is 6.52. The molecule has 2 rings (SSSR count). The third-order valence-corrected chi connectivity index (χ3v) is 3.13. The molecular formula is C16H16F2N2O. The monoisotopic (exact) mass is 290 g/mol. The van der Waals surface area contributed by atoms with Crippen molar-refractivity contribution >= 4 is 11.6 Å². The van der Waals surface area contributed by atoms with E-state index in [1.807, 2.05) is 19.1 Å². The van der Waals surface area contributed by atoms with Crippen molar-refractivity contribution in [3.63, 3.8) is 0 Å². The molecule has 1 amide bonds. The number of hydrogen-bond acceptors (Lipinski definition) is 2. The van der Waals surface area contributed by atoms with E-state index < -0.39 is 11.6 Å². The highest BCUT2D eigenvalue weighted by Gasteiger charge is 2.11. The minimum absolute atomic E-state index is 0.132. The van der Waals surface area contributed by atoms with Gasteiger partial charge >= 0.3 is 0 Å². The van der Waals surface area contributed by atoms with Gasteiger partial charge in [0.05, 0.1) is 5.56 Å². The first-order chi connectivity index (χ1) is 10.0. The topological polar surface area (TPSA) is 41.1 Å². The Kier molecular flexibility index (Phi) is 4.52. The molecule has 0 saturated heterocycles. The first-order valence-electron chi connectivity index (χ1n) is 6.52. The Bertz CT molecular complexity index is 671. The molecule has 2 aromatic carbocycles. The van der Waals surface area contributed by atoms with Crippen LogP contribution < -0.4 is 10.6 Å². The second kappa shape index (κ2) is 6.35. The molecule has 0 fully saturated rings. The molecule has 0 aliphatic carbocycles. The van der Waals surface area contributed by atoms with Crippen LogP contribution in [0.25, 0.3) is 0 Å². The number of rotatable bonds is 4. The second-order valence-corrected chi connectivity index (χ2v) is 4.73. The Morgan fingerprint density at radius 1 is 1.10 bits per heavy atom. The summed E-state index contributed by atoms with van der Waals surface area (Å²) in [6, 6.07) is 9.05. The molecule has 5 heteroatoms. The molecule has 0 spiro atoms. The molecule has 0 radical (unpaired) electrons. The third-order valence-electron chi connectivity index (χ3n) is 3.13. The van der Waals surface area contributed by atoms with E-state index in [1.54, 1.807) is 13.1 Å². The molecule has 0 aliphatic heterocycles. The van der Waals surface area contributed by atoms with Gasteiger partial charge in [-0.15, -0.1) is 0 Å². The summed E-state index contributed by atoms with van der Waals surface area (Å²) in [4.78, 5) is 12.2. The predicted octanol–water partition coefficient (Wildman–Crippen LogP) is 3.24. The van der Waals surface area contributed by atoms with E-state index >= 15 is 0 Å². The first kappa shape index (κ1) is 15.0. The fraction of sp³-hybridized carbons (Fsp3) is 0.188. The van der Waals surface area contributed by atoms with Gasteiger partial charge in [0.2, 0.25) is 0 Å². The number of amides is 1. The van der Waals surface area contributed by atoms with Crippen LogP contribution >= 0.6 is 0 Å². The number of carbonyl (C=O) groups excluding carboxylic acids is 1. The minimum Gasteiger partial charge on any atom is -0.387 e. The van der Waals surface area contributed by atoms with Crippen molar-refractivity contribution in [2.45, 2.75) is 13.5 Å². The molecule has 0 unspecified atom stereocenters. The lowest BCUT2D eigenvalue weighted by molar-refractivity contribution is 0.0951. The smallest absolute Gasteiger partial charge is 0.253 e. The average Bonchev–Trinajstić information content (AvgIpc) is 2.48. The summed E-state index contributed by atoms with van der Waals surface area (Å²) in [5.74, 6) is -2.10.